The van der Waals surface area contributed by atoms with Crippen LogP contribution >= 0.6 is 0 Å². The van der Waals surface area contributed by atoms with Crippen LogP contribution in [0.15, 0.2) is 47.1 Å². The van der Waals surface area contributed by atoms with Gasteiger partial charge in [0, 0.05) is 5.39 Å². The second-order valence-corrected chi connectivity index (χ2v) is 6.76. The summed E-state index contributed by atoms with van der Waals surface area (Å²) in [6.45, 7) is 6.86. The summed E-state index contributed by atoms with van der Waals surface area (Å²) in [6.07, 6.45) is 4.33. The largest absolute Gasteiger partial charge is 0.488 e. The minimum Gasteiger partial charge on any atom is -0.488 e. The van der Waals surface area contributed by atoms with Crippen LogP contribution in [-0.2, 0) is 19.4 Å². The average Bonchev–Trinajstić information content (AvgIpc) is 3.02. The molecule has 0 aliphatic heterocycles. The molecule has 0 saturated carbocycles. The van der Waals surface area contributed by atoms with Crippen molar-refractivity contribution in [1.29, 1.82) is 0 Å². The SMILES string of the molecule is CCc1coc2c(C=O)c(OCc3ccccc3)c(CC(C)C)cc12. The van der Waals surface area contributed by atoms with Crippen LogP contribution in [0.1, 0.15) is 47.8 Å². The molecule has 0 spiro atoms. The quantitative estimate of drug-likeness (QED) is 0.528. The van der Waals surface area contributed by atoms with Crippen LogP contribution in [0.4, 0.5) is 0 Å². The van der Waals surface area contributed by atoms with Crippen molar-refractivity contribution >= 4 is 17.3 Å². The number of hydrogen-bond acceptors (Lipinski definition) is 3. The van der Waals surface area contributed by atoms with Crippen LogP contribution < -0.4 is 4.74 Å². The van der Waals surface area contributed by atoms with Crippen molar-refractivity contribution < 1.29 is 13.9 Å². The van der Waals surface area contributed by atoms with E-state index in [2.05, 4.69) is 26.8 Å². The van der Waals surface area contributed by atoms with Gasteiger partial charge in [0.2, 0.25) is 0 Å². The lowest BCUT2D eigenvalue weighted by Crippen LogP contribution is -2.05. The Labute approximate surface area is 148 Å². The number of rotatable bonds is 7. The van der Waals surface area contributed by atoms with Crippen LogP contribution in [0.3, 0.4) is 0 Å². The van der Waals surface area contributed by atoms with Gasteiger partial charge in [-0.05, 0) is 41.5 Å². The van der Waals surface area contributed by atoms with Crippen molar-refractivity contribution in [3.8, 4) is 5.75 Å². The predicted octanol–water partition coefficient (Wildman–Crippen LogP) is 5.59. The summed E-state index contributed by atoms with van der Waals surface area (Å²) in [4.78, 5) is 11.8. The third-order valence-corrected chi connectivity index (χ3v) is 4.36. The maximum atomic E-state index is 11.8. The number of carbonyl (C=O) groups is 1. The molecule has 25 heavy (non-hydrogen) atoms. The molecule has 0 aliphatic carbocycles. The molecule has 2 aromatic carbocycles. The van der Waals surface area contributed by atoms with E-state index in [9.17, 15) is 4.79 Å². The first-order valence-electron chi connectivity index (χ1n) is 8.81. The smallest absolute Gasteiger partial charge is 0.157 e. The monoisotopic (exact) mass is 336 g/mol. The lowest BCUT2D eigenvalue weighted by molar-refractivity contribution is 0.111. The Morgan fingerprint density at radius 1 is 1.16 bits per heavy atom. The summed E-state index contributed by atoms with van der Waals surface area (Å²) in [5.41, 5.74) is 4.41. The van der Waals surface area contributed by atoms with Gasteiger partial charge in [-0.25, -0.2) is 0 Å². The molecule has 130 valence electrons. The Balaban J connectivity index is 2.08. The first-order chi connectivity index (χ1) is 12.1. The minimum atomic E-state index is 0.430. The normalized spacial score (nSPS) is 11.2. The Kier molecular flexibility index (Phi) is 5.22. The number of aldehydes is 1. The summed E-state index contributed by atoms with van der Waals surface area (Å²) in [5, 5.41) is 1.02. The number of carbonyl (C=O) groups excluding carboxylic acids is 1. The summed E-state index contributed by atoms with van der Waals surface area (Å²) in [6, 6.07) is 12.1. The average molecular weight is 336 g/mol. The highest BCUT2D eigenvalue weighted by atomic mass is 16.5. The molecule has 0 aliphatic rings. The van der Waals surface area contributed by atoms with Crippen LogP contribution in [0.2, 0.25) is 0 Å². The van der Waals surface area contributed by atoms with E-state index in [1.165, 1.54) is 0 Å². The molecular weight excluding hydrogens is 312 g/mol. The van der Waals surface area contributed by atoms with Gasteiger partial charge in [-0.3, -0.25) is 4.79 Å². The molecule has 0 amide bonds. The number of fused-ring (bicyclic) bond motifs is 1. The van der Waals surface area contributed by atoms with Crippen molar-refractivity contribution in [1.82, 2.24) is 0 Å². The van der Waals surface area contributed by atoms with Crippen LogP contribution in [0.25, 0.3) is 11.0 Å². The number of hydrogen-bond donors (Lipinski definition) is 0. The van der Waals surface area contributed by atoms with E-state index < -0.39 is 0 Å². The van der Waals surface area contributed by atoms with Crippen molar-refractivity contribution in [3.05, 3.63) is 64.9 Å². The molecule has 0 N–H and O–H groups in total. The first-order valence-corrected chi connectivity index (χ1v) is 8.81. The number of furan rings is 1. The molecule has 3 aromatic rings. The lowest BCUT2D eigenvalue weighted by Gasteiger charge is -2.16. The highest BCUT2D eigenvalue weighted by molar-refractivity contribution is 6.00. The Morgan fingerprint density at radius 3 is 2.56 bits per heavy atom. The fourth-order valence-electron chi connectivity index (χ4n) is 3.16. The van der Waals surface area contributed by atoms with Crippen LogP contribution in [0, 0.1) is 5.92 Å². The van der Waals surface area contributed by atoms with Gasteiger partial charge in [-0.1, -0.05) is 51.1 Å². The van der Waals surface area contributed by atoms with Crippen molar-refractivity contribution in [2.24, 2.45) is 5.92 Å². The zero-order chi connectivity index (χ0) is 17.8. The van der Waals surface area contributed by atoms with E-state index in [1.807, 2.05) is 30.3 Å². The number of ether oxygens (including phenoxy) is 1. The van der Waals surface area contributed by atoms with E-state index >= 15 is 0 Å². The summed E-state index contributed by atoms with van der Waals surface area (Å²) in [5.74, 6) is 1.12. The van der Waals surface area contributed by atoms with Crippen molar-refractivity contribution in [2.75, 3.05) is 0 Å². The molecule has 0 unspecified atom stereocenters. The van der Waals surface area contributed by atoms with Crippen molar-refractivity contribution in [3.63, 3.8) is 0 Å². The Hall–Kier alpha value is -2.55. The molecule has 1 heterocycles. The van der Waals surface area contributed by atoms with Gasteiger partial charge in [0.15, 0.2) is 6.29 Å². The van der Waals surface area contributed by atoms with Crippen molar-refractivity contribution in [2.45, 2.75) is 40.2 Å². The maximum Gasteiger partial charge on any atom is 0.157 e. The van der Waals surface area contributed by atoms with E-state index in [0.29, 0.717) is 29.4 Å². The van der Waals surface area contributed by atoms with Crippen LogP contribution in [0.5, 0.6) is 5.75 Å². The Bertz CT molecular complexity index is 860. The second-order valence-electron chi connectivity index (χ2n) is 6.76. The van der Waals surface area contributed by atoms with Gasteiger partial charge >= 0.3 is 0 Å². The molecule has 1 aromatic heterocycles. The molecule has 0 radical (unpaired) electrons. The third kappa shape index (κ3) is 3.60. The summed E-state index contributed by atoms with van der Waals surface area (Å²) >= 11 is 0. The zero-order valence-corrected chi connectivity index (χ0v) is 15.0. The third-order valence-electron chi connectivity index (χ3n) is 4.36. The summed E-state index contributed by atoms with van der Waals surface area (Å²) in [7, 11) is 0. The topological polar surface area (TPSA) is 39.4 Å². The second kappa shape index (κ2) is 7.56. The standard InChI is InChI=1S/C22H24O3/c1-4-17-14-25-22-19(17)11-18(10-15(2)3)21(20(22)12-23)24-13-16-8-6-5-7-9-16/h5-9,11-12,14-15H,4,10,13H2,1-3H3. The molecule has 0 fully saturated rings. The van der Waals surface area contributed by atoms with Gasteiger partial charge in [-0.15, -0.1) is 0 Å². The fraction of sp³-hybridized carbons (Fsp3) is 0.318. The van der Waals surface area contributed by atoms with E-state index in [0.717, 1.165) is 41.2 Å². The first kappa shape index (κ1) is 17.3. The Morgan fingerprint density at radius 2 is 1.92 bits per heavy atom. The fourth-order valence-corrected chi connectivity index (χ4v) is 3.16. The summed E-state index contributed by atoms with van der Waals surface area (Å²) < 4.78 is 11.8. The highest BCUT2D eigenvalue weighted by Crippen LogP contribution is 2.36. The molecular formula is C22H24O3. The van der Waals surface area contributed by atoms with E-state index in [4.69, 9.17) is 9.15 Å². The zero-order valence-electron chi connectivity index (χ0n) is 15.0. The van der Waals surface area contributed by atoms with Gasteiger partial charge in [0.25, 0.3) is 0 Å². The maximum absolute atomic E-state index is 11.8. The highest BCUT2D eigenvalue weighted by Gasteiger charge is 2.19. The minimum absolute atomic E-state index is 0.430. The molecule has 0 atom stereocenters. The van der Waals surface area contributed by atoms with E-state index in [-0.39, 0.29) is 0 Å². The van der Waals surface area contributed by atoms with Gasteiger partial charge < -0.3 is 9.15 Å². The lowest BCUT2D eigenvalue weighted by atomic mass is 9.96. The molecule has 3 rings (SSSR count). The van der Waals surface area contributed by atoms with Gasteiger partial charge in [0.05, 0.1) is 11.8 Å². The predicted molar refractivity (Wildman–Crippen MR) is 100 cm³/mol. The van der Waals surface area contributed by atoms with Crippen LogP contribution in [-0.4, -0.2) is 6.29 Å². The molecule has 3 heteroatoms. The van der Waals surface area contributed by atoms with Gasteiger partial charge in [0.1, 0.15) is 17.9 Å². The number of aryl methyl sites for hydroxylation is 1. The molecule has 0 saturated heterocycles. The van der Waals surface area contributed by atoms with E-state index in [1.54, 1.807) is 6.26 Å². The molecule has 0 bridgehead atoms. The number of benzene rings is 2. The van der Waals surface area contributed by atoms with Gasteiger partial charge in [-0.2, -0.15) is 0 Å². The molecule has 3 nitrogen and oxygen atoms in total.